The van der Waals surface area contributed by atoms with Crippen molar-refractivity contribution in [2.75, 3.05) is 12.3 Å². The van der Waals surface area contributed by atoms with E-state index in [1.54, 1.807) is 24.2 Å². The van der Waals surface area contributed by atoms with Gasteiger partial charge in [0.05, 0.1) is 5.75 Å². The van der Waals surface area contributed by atoms with Gasteiger partial charge in [-0.2, -0.15) is 11.8 Å². The molecule has 1 rings (SSSR count). The van der Waals surface area contributed by atoms with E-state index in [4.69, 9.17) is 5.73 Å². The number of thioether (sulfide) groups is 1. The lowest BCUT2D eigenvalue weighted by Crippen LogP contribution is -2.02. The Kier molecular flexibility index (Phi) is 3.93. The van der Waals surface area contributed by atoms with Crippen LogP contribution in [0.5, 0.6) is 0 Å². The van der Waals surface area contributed by atoms with E-state index in [1.165, 1.54) is 0 Å². The average molecular weight is 169 g/mol. The van der Waals surface area contributed by atoms with Crippen LogP contribution in [0.3, 0.4) is 0 Å². The molecule has 0 bridgehead atoms. The second kappa shape index (κ2) is 5.09. The molecule has 0 fully saturated rings. The van der Waals surface area contributed by atoms with Crippen LogP contribution in [0.2, 0.25) is 0 Å². The smallest absolute Gasteiger partial charge is 0.138 e. The predicted molar refractivity (Wildman–Crippen MR) is 47.2 cm³/mol. The fourth-order valence-corrected chi connectivity index (χ4v) is 1.29. The van der Waals surface area contributed by atoms with Crippen molar-refractivity contribution >= 4 is 11.8 Å². The second-order valence-corrected chi connectivity index (χ2v) is 3.11. The molecule has 0 unspecified atom stereocenters. The first-order valence-electron chi connectivity index (χ1n) is 3.47. The van der Waals surface area contributed by atoms with Crippen molar-refractivity contribution < 1.29 is 0 Å². The highest BCUT2D eigenvalue weighted by molar-refractivity contribution is 7.98. The molecule has 0 aliphatic heterocycles. The molecule has 0 amide bonds. The van der Waals surface area contributed by atoms with Crippen LogP contribution in [0, 0.1) is 0 Å². The number of nitrogens with two attached hydrogens (primary N) is 1. The van der Waals surface area contributed by atoms with E-state index < -0.39 is 0 Å². The molecule has 3 nitrogen and oxygen atoms in total. The SMILES string of the molecule is NCCSCc1ncccn1. The Morgan fingerprint density at radius 1 is 1.36 bits per heavy atom. The molecule has 1 aromatic heterocycles. The summed E-state index contributed by atoms with van der Waals surface area (Å²) in [5.41, 5.74) is 5.33. The molecule has 1 heterocycles. The Morgan fingerprint density at radius 2 is 2.09 bits per heavy atom. The molecule has 0 saturated heterocycles. The number of hydrogen-bond donors (Lipinski definition) is 1. The molecule has 0 radical (unpaired) electrons. The van der Waals surface area contributed by atoms with E-state index in [-0.39, 0.29) is 0 Å². The van der Waals surface area contributed by atoms with Crippen molar-refractivity contribution in [3.05, 3.63) is 24.3 Å². The van der Waals surface area contributed by atoms with E-state index in [1.807, 2.05) is 6.07 Å². The molecular formula is C7H11N3S. The lowest BCUT2D eigenvalue weighted by atomic mass is 10.6. The Balaban J connectivity index is 2.28. The molecule has 0 aromatic carbocycles. The first-order valence-corrected chi connectivity index (χ1v) is 4.62. The fraction of sp³-hybridized carbons (Fsp3) is 0.429. The third-order valence-corrected chi connectivity index (χ3v) is 2.10. The third kappa shape index (κ3) is 3.34. The maximum Gasteiger partial charge on any atom is 0.138 e. The lowest BCUT2D eigenvalue weighted by Gasteiger charge is -1.96. The van der Waals surface area contributed by atoms with Crippen LogP contribution in [0.25, 0.3) is 0 Å². The van der Waals surface area contributed by atoms with Crippen LogP contribution in [-0.4, -0.2) is 22.3 Å². The van der Waals surface area contributed by atoms with Gasteiger partial charge in [-0.15, -0.1) is 0 Å². The van der Waals surface area contributed by atoms with Gasteiger partial charge in [0.2, 0.25) is 0 Å². The van der Waals surface area contributed by atoms with Gasteiger partial charge >= 0.3 is 0 Å². The molecular weight excluding hydrogens is 158 g/mol. The first kappa shape index (κ1) is 8.49. The molecule has 0 saturated carbocycles. The molecule has 0 spiro atoms. The van der Waals surface area contributed by atoms with Gasteiger partial charge in [0.15, 0.2) is 0 Å². The monoisotopic (exact) mass is 169 g/mol. The van der Waals surface area contributed by atoms with Gasteiger partial charge in [0, 0.05) is 24.7 Å². The van der Waals surface area contributed by atoms with Crippen molar-refractivity contribution in [3.63, 3.8) is 0 Å². The summed E-state index contributed by atoms with van der Waals surface area (Å²) in [7, 11) is 0. The van der Waals surface area contributed by atoms with E-state index in [0.717, 1.165) is 23.9 Å². The number of aromatic nitrogens is 2. The predicted octanol–water partition coefficient (Wildman–Crippen LogP) is 0.669. The summed E-state index contributed by atoms with van der Waals surface area (Å²) in [5, 5.41) is 0. The van der Waals surface area contributed by atoms with Gasteiger partial charge in [-0.05, 0) is 6.07 Å². The van der Waals surface area contributed by atoms with Crippen molar-refractivity contribution in [1.29, 1.82) is 0 Å². The maximum absolute atomic E-state index is 5.33. The first-order chi connectivity index (χ1) is 5.43. The Hall–Kier alpha value is -0.610. The zero-order valence-corrected chi connectivity index (χ0v) is 7.05. The van der Waals surface area contributed by atoms with Gasteiger partial charge in [0.25, 0.3) is 0 Å². The lowest BCUT2D eigenvalue weighted by molar-refractivity contribution is 1.03. The van der Waals surface area contributed by atoms with E-state index >= 15 is 0 Å². The van der Waals surface area contributed by atoms with Gasteiger partial charge < -0.3 is 5.73 Å². The summed E-state index contributed by atoms with van der Waals surface area (Å²) >= 11 is 1.76. The molecule has 0 aliphatic rings. The van der Waals surface area contributed by atoms with E-state index in [9.17, 15) is 0 Å². The van der Waals surface area contributed by atoms with Crippen molar-refractivity contribution in [2.24, 2.45) is 5.73 Å². The molecule has 11 heavy (non-hydrogen) atoms. The zero-order valence-electron chi connectivity index (χ0n) is 6.23. The minimum absolute atomic E-state index is 0.720. The van der Waals surface area contributed by atoms with Crippen molar-refractivity contribution in [3.8, 4) is 0 Å². The topological polar surface area (TPSA) is 51.8 Å². The standard InChI is InChI=1S/C7H11N3S/c8-2-5-11-6-7-9-3-1-4-10-7/h1,3-4H,2,5-6,8H2. The van der Waals surface area contributed by atoms with Crippen molar-refractivity contribution in [1.82, 2.24) is 9.97 Å². The molecule has 60 valence electrons. The van der Waals surface area contributed by atoms with Gasteiger partial charge in [0.1, 0.15) is 5.82 Å². The van der Waals surface area contributed by atoms with Crippen LogP contribution in [0.1, 0.15) is 5.82 Å². The molecule has 4 heteroatoms. The van der Waals surface area contributed by atoms with Crippen LogP contribution < -0.4 is 5.73 Å². The normalized spacial score (nSPS) is 9.91. The second-order valence-electron chi connectivity index (χ2n) is 2.01. The Labute approximate surface area is 70.4 Å². The summed E-state index contributed by atoms with van der Waals surface area (Å²) in [6.45, 7) is 0.720. The van der Waals surface area contributed by atoms with Crippen molar-refractivity contribution in [2.45, 2.75) is 5.75 Å². The summed E-state index contributed by atoms with van der Waals surface area (Å²) in [4.78, 5) is 8.16. The molecule has 0 aliphatic carbocycles. The molecule has 1 aromatic rings. The van der Waals surface area contributed by atoms with Gasteiger partial charge in [-0.3, -0.25) is 0 Å². The van der Waals surface area contributed by atoms with Crippen LogP contribution in [0.15, 0.2) is 18.5 Å². The van der Waals surface area contributed by atoms with Gasteiger partial charge in [-0.1, -0.05) is 0 Å². The summed E-state index contributed by atoms with van der Waals surface area (Å²) < 4.78 is 0. The minimum Gasteiger partial charge on any atom is -0.330 e. The summed E-state index contributed by atoms with van der Waals surface area (Å²) in [5.74, 6) is 2.71. The highest BCUT2D eigenvalue weighted by atomic mass is 32.2. The molecule has 2 N–H and O–H groups in total. The number of rotatable bonds is 4. The van der Waals surface area contributed by atoms with Crippen LogP contribution in [0.4, 0.5) is 0 Å². The third-order valence-electron chi connectivity index (χ3n) is 1.11. The molecule has 0 atom stereocenters. The number of hydrogen-bond acceptors (Lipinski definition) is 4. The van der Waals surface area contributed by atoms with E-state index in [2.05, 4.69) is 9.97 Å². The van der Waals surface area contributed by atoms with E-state index in [0.29, 0.717) is 0 Å². The Bertz CT molecular complexity index is 190. The number of nitrogens with zero attached hydrogens (tertiary/aromatic N) is 2. The van der Waals surface area contributed by atoms with Crippen LogP contribution in [-0.2, 0) is 5.75 Å². The quantitative estimate of drug-likeness (QED) is 0.673. The van der Waals surface area contributed by atoms with Crippen LogP contribution >= 0.6 is 11.8 Å². The minimum atomic E-state index is 0.720. The zero-order chi connectivity index (χ0) is 7.94. The fourth-order valence-electron chi connectivity index (χ4n) is 0.651. The average Bonchev–Trinajstić information content (AvgIpc) is 2.07. The summed E-state index contributed by atoms with van der Waals surface area (Å²) in [6.07, 6.45) is 3.51. The van der Waals surface area contributed by atoms with Gasteiger partial charge in [-0.25, -0.2) is 9.97 Å². The highest BCUT2D eigenvalue weighted by Gasteiger charge is 1.92. The Morgan fingerprint density at radius 3 is 2.73 bits per heavy atom. The summed E-state index contributed by atoms with van der Waals surface area (Å²) in [6, 6.07) is 1.82. The maximum atomic E-state index is 5.33. The highest BCUT2D eigenvalue weighted by Crippen LogP contribution is 2.05. The largest absolute Gasteiger partial charge is 0.330 e.